The predicted octanol–water partition coefficient (Wildman–Crippen LogP) is 4.01. The summed E-state index contributed by atoms with van der Waals surface area (Å²) in [6.07, 6.45) is 4.01. The fraction of sp³-hybridized carbons (Fsp3) is 0.667. The van der Waals surface area contributed by atoms with Crippen molar-refractivity contribution in [2.45, 2.75) is 53.9 Å². The zero-order chi connectivity index (χ0) is 19.3. The van der Waals surface area contributed by atoms with Gasteiger partial charge in [-0.05, 0) is 36.3 Å². The maximum Gasteiger partial charge on any atom is 0.255 e. The maximum atomic E-state index is 12.8. The maximum absolute atomic E-state index is 12.8. The number of anilines is 1. The van der Waals surface area contributed by atoms with Crippen LogP contribution in [0.4, 0.5) is 5.82 Å². The van der Waals surface area contributed by atoms with Gasteiger partial charge in [0.15, 0.2) is 0 Å². The van der Waals surface area contributed by atoms with Crippen LogP contribution >= 0.6 is 0 Å². The second-order valence-electron chi connectivity index (χ2n) is 9.00. The van der Waals surface area contributed by atoms with Crippen molar-refractivity contribution >= 4 is 17.5 Å². The number of ketones is 1. The number of nitrogens with zero attached hydrogens (tertiary/aromatic N) is 2. The van der Waals surface area contributed by atoms with Gasteiger partial charge in [-0.25, -0.2) is 4.98 Å². The van der Waals surface area contributed by atoms with Gasteiger partial charge in [0, 0.05) is 38.2 Å². The number of amides is 1. The quantitative estimate of drug-likeness (QED) is 0.834. The topological polar surface area (TPSA) is 62.3 Å². The molecule has 2 heterocycles. The first kappa shape index (κ1) is 20.4. The summed E-state index contributed by atoms with van der Waals surface area (Å²) in [5.74, 6) is 1.39. The van der Waals surface area contributed by atoms with E-state index in [0.29, 0.717) is 31.0 Å². The van der Waals surface area contributed by atoms with E-state index >= 15 is 0 Å². The zero-order valence-electron chi connectivity index (χ0n) is 16.8. The van der Waals surface area contributed by atoms with E-state index in [1.54, 1.807) is 6.20 Å². The van der Waals surface area contributed by atoms with Crippen LogP contribution in [-0.2, 0) is 4.79 Å². The fourth-order valence-electron chi connectivity index (χ4n) is 3.16. The van der Waals surface area contributed by atoms with Gasteiger partial charge < -0.3 is 10.2 Å². The molecule has 0 spiro atoms. The number of pyridine rings is 1. The predicted molar refractivity (Wildman–Crippen MR) is 105 cm³/mol. The molecule has 0 radical (unpaired) electrons. The number of aromatic nitrogens is 1. The molecule has 1 aliphatic heterocycles. The number of likely N-dealkylation sites (tertiary alicyclic amines) is 1. The number of rotatable bonds is 6. The average molecular weight is 360 g/mol. The molecule has 1 N–H and O–H groups in total. The molecule has 144 valence electrons. The van der Waals surface area contributed by atoms with Crippen LogP contribution in [0.15, 0.2) is 18.3 Å². The van der Waals surface area contributed by atoms with E-state index in [4.69, 9.17) is 0 Å². The Morgan fingerprint density at radius 1 is 1.31 bits per heavy atom. The standard InChI is InChI=1S/C21H33N3O2/c1-15(2)11-18(25)17-7-6-10-24(13-17)20(26)16-8-9-19(22-12-16)23-14-21(3,4)5/h8-9,12,15,17H,6-7,10-11,13-14H2,1-5H3,(H,22,23)/t17-/m1/s1. The van der Waals surface area contributed by atoms with Crippen molar-refractivity contribution in [3.8, 4) is 0 Å². The summed E-state index contributed by atoms with van der Waals surface area (Å²) in [6.45, 7) is 12.7. The van der Waals surface area contributed by atoms with Crippen LogP contribution in [0.5, 0.6) is 0 Å². The number of piperidine rings is 1. The zero-order valence-corrected chi connectivity index (χ0v) is 16.8. The highest BCUT2D eigenvalue weighted by Crippen LogP contribution is 2.22. The summed E-state index contributed by atoms with van der Waals surface area (Å²) >= 11 is 0. The molecule has 2 rings (SSSR count). The molecule has 1 saturated heterocycles. The Kier molecular flexibility index (Phi) is 6.79. The molecule has 1 aromatic rings. The molecule has 5 heteroatoms. The summed E-state index contributed by atoms with van der Waals surface area (Å²) in [4.78, 5) is 31.3. The Morgan fingerprint density at radius 2 is 2.04 bits per heavy atom. The highest BCUT2D eigenvalue weighted by Gasteiger charge is 2.29. The van der Waals surface area contributed by atoms with Crippen LogP contribution in [0.3, 0.4) is 0 Å². The number of hydrogen-bond donors (Lipinski definition) is 1. The van der Waals surface area contributed by atoms with E-state index in [9.17, 15) is 9.59 Å². The highest BCUT2D eigenvalue weighted by molar-refractivity contribution is 5.94. The van der Waals surface area contributed by atoms with Crippen molar-refractivity contribution < 1.29 is 9.59 Å². The lowest BCUT2D eigenvalue weighted by Crippen LogP contribution is -2.42. The van der Waals surface area contributed by atoms with Crippen molar-refractivity contribution in [1.82, 2.24) is 9.88 Å². The van der Waals surface area contributed by atoms with Crippen LogP contribution in [0.25, 0.3) is 0 Å². The fourth-order valence-corrected chi connectivity index (χ4v) is 3.16. The van der Waals surface area contributed by atoms with Gasteiger partial charge in [-0.15, -0.1) is 0 Å². The number of Topliss-reactive ketones (excluding diaryl/α,β-unsaturated/α-hetero) is 1. The van der Waals surface area contributed by atoms with E-state index in [0.717, 1.165) is 25.2 Å². The van der Waals surface area contributed by atoms with Gasteiger partial charge in [0.2, 0.25) is 0 Å². The Balaban J connectivity index is 1.96. The second-order valence-corrected chi connectivity index (χ2v) is 9.00. The molecule has 0 aromatic carbocycles. The van der Waals surface area contributed by atoms with Crippen LogP contribution in [0, 0.1) is 17.3 Å². The van der Waals surface area contributed by atoms with Gasteiger partial charge in [-0.1, -0.05) is 34.6 Å². The molecule has 1 fully saturated rings. The van der Waals surface area contributed by atoms with Gasteiger partial charge in [0.25, 0.3) is 5.91 Å². The summed E-state index contributed by atoms with van der Waals surface area (Å²) in [5.41, 5.74) is 0.755. The van der Waals surface area contributed by atoms with E-state index in [1.807, 2.05) is 17.0 Å². The van der Waals surface area contributed by atoms with Crippen molar-refractivity contribution in [1.29, 1.82) is 0 Å². The van der Waals surface area contributed by atoms with Crippen molar-refractivity contribution in [2.75, 3.05) is 25.0 Å². The van der Waals surface area contributed by atoms with Crippen LogP contribution in [-0.4, -0.2) is 41.2 Å². The van der Waals surface area contributed by atoms with E-state index in [1.165, 1.54) is 0 Å². The molecule has 1 aliphatic rings. The minimum atomic E-state index is -0.0260. The van der Waals surface area contributed by atoms with E-state index in [2.05, 4.69) is 44.9 Å². The SMILES string of the molecule is CC(C)CC(=O)[C@@H]1CCCN(C(=O)c2ccc(NCC(C)(C)C)nc2)C1. The minimum Gasteiger partial charge on any atom is -0.370 e. The summed E-state index contributed by atoms with van der Waals surface area (Å²) < 4.78 is 0. The summed E-state index contributed by atoms with van der Waals surface area (Å²) in [7, 11) is 0. The molecule has 0 bridgehead atoms. The first-order valence-electron chi connectivity index (χ1n) is 9.67. The molecule has 1 atom stereocenters. The molecule has 26 heavy (non-hydrogen) atoms. The van der Waals surface area contributed by atoms with Gasteiger partial charge in [-0.2, -0.15) is 0 Å². The number of nitrogens with one attached hydrogen (secondary N) is 1. The smallest absolute Gasteiger partial charge is 0.255 e. The third kappa shape index (κ3) is 6.11. The lowest BCUT2D eigenvalue weighted by atomic mass is 9.89. The number of carbonyl (C=O) groups is 2. The van der Waals surface area contributed by atoms with Gasteiger partial charge in [0.05, 0.1) is 5.56 Å². The van der Waals surface area contributed by atoms with Gasteiger partial charge in [-0.3, -0.25) is 9.59 Å². The third-order valence-electron chi connectivity index (χ3n) is 4.58. The number of carbonyl (C=O) groups excluding carboxylic acids is 2. The molecular weight excluding hydrogens is 326 g/mol. The van der Waals surface area contributed by atoms with Crippen LogP contribution in [0.1, 0.15) is 64.2 Å². The normalized spacial score (nSPS) is 18.1. The Bertz CT molecular complexity index is 617. The van der Waals surface area contributed by atoms with Gasteiger partial charge in [0.1, 0.15) is 11.6 Å². The van der Waals surface area contributed by atoms with Crippen LogP contribution in [0.2, 0.25) is 0 Å². The lowest BCUT2D eigenvalue weighted by Gasteiger charge is -2.32. The van der Waals surface area contributed by atoms with Crippen molar-refractivity contribution in [3.05, 3.63) is 23.9 Å². The molecule has 0 saturated carbocycles. The molecular formula is C21H33N3O2. The van der Waals surface area contributed by atoms with Crippen molar-refractivity contribution in [2.24, 2.45) is 17.3 Å². The average Bonchev–Trinajstić information content (AvgIpc) is 2.59. The summed E-state index contributed by atoms with van der Waals surface area (Å²) in [6, 6.07) is 3.67. The largest absolute Gasteiger partial charge is 0.370 e. The van der Waals surface area contributed by atoms with Crippen LogP contribution < -0.4 is 5.32 Å². The van der Waals surface area contributed by atoms with Gasteiger partial charge >= 0.3 is 0 Å². The molecule has 0 unspecified atom stereocenters. The Labute approximate surface area is 157 Å². The third-order valence-corrected chi connectivity index (χ3v) is 4.58. The Morgan fingerprint density at radius 3 is 2.62 bits per heavy atom. The lowest BCUT2D eigenvalue weighted by molar-refractivity contribution is -0.124. The highest BCUT2D eigenvalue weighted by atomic mass is 16.2. The monoisotopic (exact) mass is 359 g/mol. The first-order valence-corrected chi connectivity index (χ1v) is 9.67. The molecule has 1 amide bonds. The molecule has 1 aromatic heterocycles. The number of hydrogen-bond acceptors (Lipinski definition) is 4. The first-order chi connectivity index (χ1) is 12.2. The van der Waals surface area contributed by atoms with E-state index in [-0.39, 0.29) is 23.0 Å². The summed E-state index contributed by atoms with van der Waals surface area (Å²) in [5, 5.41) is 3.29. The van der Waals surface area contributed by atoms with Crippen molar-refractivity contribution in [3.63, 3.8) is 0 Å². The Hall–Kier alpha value is -1.91. The molecule has 0 aliphatic carbocycles. The molecule has 5 nitrogen and oxygen atoms in total. The minimum absolute atomic E-state index is 0.0178. The second kappa shape index (κ2) is 8.65. The van der Waals surface area contributed by atoms with E-state index < -0.39 is 0 Å².